The van der Waals surface area contributed by atoms with Crippen molar-refractivity contribution in [2.75, 3.05) is 5.73 Å². The number of nitrogens with zero attached hydrogens (tertiary/aromatic N) is 2. The lowest BCUT2D eigenvalue weighted by Crippen LogP contribution is -1.93. The van der Waals surface area contributed by atoms with Crippen LogP contribution in [0.3, 0.4) is 0 Å². The minimum absolute atomic E-state index is 0.604. The topological polar surface area (TPSA) is 43.8 Å². The summed E-state index contributed by atoms with van der Waals surface area (Å²) in [7, 11) is 1.92. The molecular weight excluding hydrogens is 198 g/mol. The highest BCUT2D eigenvalue weighted by atomic mass is 15.3. The van der Waals surface area contributed by atoms with Crippen molar-refractivity contribution in [3.05, 3.63) is 35.0 Å². The molecule has 3 heteroatoms. The van der Waals surface area contributed by atoms with Gasteiger partial charge in [-0.05, 0) is 31.9 Å². The molecule has 0 radical (unpaired) electrons. The molecule has 3 nitrogen and oxygen atoms in total. The number of aromatic nitrogens is 2. The van der Waals surface area contributed by atoms with E-state index in [1.807, 2.05) is 18.7 Å². The highest BCUT2D eigenvalue weighted by Gasteiger charge is 2.13. The van der Waals surface area contributed by atoms with Crippen LogP contribution in [0, 0.1) is 20.8 Å². The number of hydrogen-bond donors (Lipinski definition) is 1. The summed E-state index contributed by atoms with van der Waals surface area (Å²) < 4.78 is 1.82. The van der Waals surface area contributed by atoms with Crippen LogP contribution in [0.15, 0.2) is 18.2 Å². The first-order chi connectivity index (χ1) is 7.50. The predicted molar refractivity (Wildman–Crippen MR) is 67.3 cm³/mol. The SMILES string of the molecule is Cc1ccc(-c2c(N)nn(C)c2C)c(C)c1. The molecule has 0 saturated carbocycles. The van der Waals surface area contributed by atoms with E-state index in [2.05, 4.69) is 37.1 Å². The molecule has 0 aliphatic carbocycles. The molecule has 1 heterocycles. The average Bonchev–Trinajstić information content (AvgIpc) is 2.43. The largest absolute Gasteiger partial charge is 0.382 e. The van der Waals surface area contributed by atoms with Crippen molar-refractivity contribution in [3.8, 4) is 11.1 Å². The molecule has 2 N–H and O–H groups in total. The Morgan fingerprint density at radius 3 is 2.38 bits per heavy atom. The fourth-order valence-corrected chi connectivity index (χ4v) is 2.06. The first-order valence-electron chi connectivity index (χ1n) is 5.37. The standard InChI is InChI=1S/C13H17N3/c1-8-5-6-11(9(2)7-8)12-10(3)16(4)15-13(12)14/h5-7H,1-4H3,(H2,14,15). The zero-order valence-electron chi connectivity index (χ0n) is 10.2. The Bertz CT molecular complexity index is 538. The van der Waals surface area contributed by atoms with E-state index in [1.54, 1.807) is 0 Å². The van der Waals surface area contributed by atoms with E-state index in [0.717, 1.165) is 11.3 Å². The summed E-state index contributed by atoms with van der Waals surface area (Å²) in [5, 5.41) is 4.24. The van der Waals surface area contributed by atoms with Gasteiger partial charge in [0, 0.05) is 18.3 Å². The minimum atomic E-state index is 0.604. The van der Waals surface area contributed by atoms with Crippen LogP contribution in [-0.2, 0) is 7.05 Å². The molecule has 0 aliphatic heterocycles. The molecular formula is C13H17N3. The van der Waals surface area contributed by atoms with E-state index in [1.165, 1.54) is 16.7 Å². The Kier molecular flexibility index (Phi) is 2.46. The van der Waals surface area contributed by atoms with Gasteiger partial charge in [0.1, 0.15) is 0 Å². The Hall–Kier alpha value is -1.77. The number of nitrogens with two attached hydrogens (primary N) is 1. The van der Waals surface area contributed by atoms with Crippen LogP contribution in [0.5, 0.6) is 0 Å². The number of benzene rings is 1. The van der Waals surface area contributed by atoms with Crippen LogP contribution in [0.25, 0.3) is 11.1 Å². The molecule has 1 aromatic heterocycles. The second kappa shape index (κ2) is 3.67. The lowest BCUT2D eigenvalue weighted by Gasteiger charge is -2.07. The summed E-state index contributed by atoms with van der Waals surface area (Å²) in [6, 6.07) is 6.39. The van der Waals surface area contributed by atoms with E-state index >= 15 is 0 Å². The lowest BCUT2D eigenvalue weighted by molar-refractivity contribution is 0.744. The van der Waals surface area contributed by atoms with Crippen LogP contribution in [-0.4, -0.2) is 9.78 Å². The molecule has 2 aromatic rings. The van der Waals surface area contributed by atoms with Crippen molar-refractivity contribution >= 4 is 5.82 Å². The number of hydrogen-bond acceptors (Lipinski definition) is 2. The molecule has 16 heavy (non-hydrogen) atoms. The molecule has 84 valence electrons. The quantitative estimate of drug-likeness (QED) is 0.794. The summed E-state index contributed by atoms with van der Waals surface area (Å²) >= 11 is 0. The van der Waals surface area contributed by atoms with Gasteiger partial charge < -0.3 is 5.73 Å². The van der Waals surface area contributed by atoms with Crippen molar-refractivity contribution in [2.24, 2.45) is 7.05 Å². The smallest absolute Gasteiger partial charge is 0.153 e. The number of nitrogen functional groups attached to an aromatic ring is 1. The Morgan fingerprint density at radius 2 is 1.88 bits per heavy atom. The molecule has 1 aromatic carbocycles. The third kappa shape index (κ3) is 1.58. The zero-order chi connectivity index (χ0) is 11.9. The van der Waals surface area contributed by atoms with Crippen molar-refractivity contribution in [1.29, 1.82) is 0 Å². The molecule has 0 saturated heterocycles. The van der Waals surface area contributed by atoms with Gasteiger partial charge in [0.2, 0.25) is 0 Å². The van der Waals surface area contributed by atoms with Gasteiger partial charge in [0.15, 0.2) is 5.82 Å². The van der Waals surface area contributed by atoms with Crippen molar-refractivity contribution in [3.63, 3.8) is 0 Å². The molecule has 0 unspecified atom stereocenters. The fraction of sp³-hybridized carbons (Fsp3) is 0.308. The third-order valence-electron chi connectivity index (χ3n) is 3.01. The summed E-state index contributed by atoms with van der Waals surface area (Å²) in [5.41, 5.74) is 11.8. The summed E-state index contributed by atoms with van der Waals surface area (Å²) in [6.07, 6.45) is 0. The van der Waals surface area contributed by atoms with Crippen molar-refractivity contribution in [1.82, 2.24) is 9.78 Å². The predicted octanol–water partition coefficient (Wildman–Crippen LogP) is 2.59. The minimum Gasteiger partial charge on any atom is -0.382 e. The zero-order valence-corrected chi connectivity index (χ0v) is 10.2. The van der Waals surface area contributed by atoms with Gasteiger partial charge in [-0.25, -0.2) is 0 Å². The maximum atomic E-state index is 5.95. The first-order valence-corrected chi connectivity index (χ1v) is 5.37. The summed E-state index contributed by atoms with van der Waals surface area (Å²) in [6.45, 7) is 6.24. The van der Waals surface area contributed by atoms with Crippen molar-refractivity contribution in [2.45, 2.75) is 20.8 Å². The van der Waals surface area contributed by atoms with E-state index in [0.29, 0.717) is 5.82 Å². The van der Waals surface area contributed by atoms with Crippen LogP contribution in [0.2, 0.25) is 0 Å². The average molecular weight is 215 g/mol. The van der Waals surface area contributed by atoms with Gasteiger partial charge in [-0.15, -0.1) is 0 Å². The van der Waals surface area contributed by atoms with Gasteiger partial charge in [-0.2, -0.15) is 5.10 Å². The van der Waals surface area contributed by atoms with E-state index in [4.69, 9.17) is 5.73 Å². The molecule has 0 fully saturated rings. The van der Waals surface area contributed by atoms with E-state index in [-0.39, 0.29) is 0 Å². The van der Waals surface area contributed by atoms with Gasteiger partial charge in [0.05, 0.1) is 0 Å². The van der Waals surface area contributed by atoms with Crippen molar-refractivity contribution < 1.29 is 0 Å². The maximum absolute atomic E-state index is 5.95. The third-order valence-corrected chi connectivity index (χ3v) is 3.01. The first kappa shape index (κ1) is 10.7. The highest BCUT2D eigenvalue weighted by Crippen LogP contribution is 2.31. The fourth-order valence-electron chi connectivity index (χ4n) is 2.06. The van der Waals surface area contributed by atoms with Gasteiger partial charge >= 0.3 is 0 Å². The summed E-state index contributed by atoms with van der Waals surface area (Å²) in [5.74, 6) is 0.604. The number of aryl methyl sites for hydroxylation is 3. The second-order valence-corrected chi connectivity index (χ2v) is 4.29. The Morgan fingerprint density at radius 1 is 1.19 bits per heavy atom. The van der Waals surface area contributed by atoms with Crippen LogP contribution in [0.4, 0.5) is 5.82 Å². The van der Waals surface area contributed by atoms with Gasteiger partial charge in [0.25, 0.3) is 0 Å². The van der Waals surface area contributed by atoms with E-state index in [9.17, 15) is 0 Å². The number of rotatable bonds is 1. The molecule has 0 amide bonds. The summed E-state index contributed by atoms with van der Waals surface area (Å²) in [4.78, 5) is 0. The molecule has 0 spiro atoms. The van der Waals surface area contributed by atoms with Crippen LogP contribution < -0.4 is 5.73 Å². The number of anilines is 1. The monoisotopic (exact) mass is 215 g/mol. The van der Waals surface area contributed by atoms with Gasteiger partial charge in [-0.1, -0.05) is 23.8 Å². The maximum Gasteiger partial charge on any atom is 0.153 e. The highest BCUT2D eigenvalue weighted by molar-refractivity contribution is 5.78. The normalized spacial score (nSPS) is 10.8. The lowest BCUT2D eigenvalue weighted by atomic mass is 9.99. The van der Waals surface area contributed by atoms with Crippen LogP contribution in [0.1, 0.15) is 16.8 Å². The van der Waals surface area contributed by atoms with E-state index < -0.39 is 0 Å². The van der Waals surface area contributed by atoms with Crippen LogP contribution >= 0.6 is 0 Å². The molecule has 0 aliphatic rings. The van der Waals surface area contributed by atoms with Gasteiger partial charge in [-0.3, -0.25) is 4.68 Å². The molecule has 0 atom stereocenters. The Labute approximate surface area is 95.9 Å². The second-order valence-electron chi connectivity index (χ2n) is 4.29. The Balaban J connectivity index is 2.67. The molecule has 0 bridgehead atoms. The molecule has 2 rings (SSSR count).